The minimum Gasteiger partial charge on any atom is -0.496 e. The number of aliphatic carboxylic acids is 1. The number of carbonyl (C=O) groups is 4. The summed E-state index contributed by atoms with van der Waals surface area (Å²) in [5.41, 5.74) is 1.38. The zero-order valence-electron chi connectivity index (χ0n) is 26.9. The molecule has 1 unspecified atom stereocenters. The Bertz CT molecular complexity index is 1460. The molecule has 2 aromatic rings. The average molecular weight is 702 g/mol. The molecule has 6 N–H and O–H groups in total. The summed E-state index contributed by atoms with van der Waals surface area (Å²) in [6, 6.07) is 11.2. The summed E-state index contributed by atoms with van der Waals surface area (Å²) in [6.07, 6.45) is -3.92. The SMILES string of the molecule is CCCC[C@]1(CC)CS(O)(O)c2cc(CNC(=O)CNC(CC(=O)O)CC(=O)OC(=O)C(F)(F)F)c(OC)cc2[C@@H](c2ccccc2)N1. The van der Waals surface area contributed by atoms with Crippen molar-refractivity contribution in [2.75, 3.05) is 19.4 Å². The van der Waals surface area contributed by atoms with Crippen molar-refractivity contribution in [3.8, 4) is 5.75 Å². The molecule has 0 aromatic heterocycles. The third kappa shape index (κ3) is 10.4. The number of ether oxygens (including phenoxy) is 2. The molecular formula is C32H42F3N3O9S. The smallest absolute Gasteiger partial charge is 0.491 e. The van der Waals surface area contributed by atoms with Crippen molar-refractivity contribution in [1.29, 1.82) is 0 Å². The van der Waals surface area contributed by atoms with Crippen LogP contribution >= 0.6 is 10.6 Å². The fourth-order valence-electron chi connectivity index (χ4n) is 5.62. The van der Waals surface area contributed by atoms with E-state index in [-0.39, 0.29) is 12.3 Å². The van der Waals surface area contributed by atoms with E-state index in [1.807, 2.05) is 37.3 Å². The second kappa shape index (κ2) is 16.6. The maximum absolute atomic E-state index is 12.7. The van der Waals surface area contributed by atoms with Crippen molar-refractivity contribution in [1.82, 2.24) is 16.0 Å². The minimum atomic E-state index is -5.41. The first-order chi connectivity index (χ1) is 22.5. The zero-order valence-corrected chi connectivity index (χ0v) is 27.7. The molecule has 2 aromatic carbocycles. The molecule has 0 bridgehead atoms. The van der Waals surface area contributed by atoms with Gasteiger partial charge in [-0.2, -0.15) is 23.8 Å². The van der Waals surface area contributed by atoms with E-state index in [0.29, 0.717) is 28.2 Å². The number of unbranched alkanes of at least 4 members (excludes halogenated alkanes) is 1. The second-order valence-corrected chi connectivity index (χ2v) is 13.7. The Morgan fingerprint density at radius 2 is 1.79 bits per heavy atom. The van der Waals surface area contributed by atoms with E-state index in [4.69, 9.17) is 9.84 Å². The van der Waals surface area contributed by atoms with E-state index >= 15 is 0 Å². The number of halogens is 3. The number of alkyl halides is 3. The van der Waals surface area contributed by atoms with E-state index in [2.05, 4.69) is 27.6 Å². The number of carboxylic acid groups (broad SMARTS) is 1. The first-order valence-electron chi connectivity index (χ1n) is 15.4. The van der Waals surface area contributed by atoms with Gasteiger partial charge < -0.3 is 25.2 Å². The normalized spacial score (nSPS) is 20.0. The fraction of sp³-hybridized carbons (Fsp3) is 0.500. The van der Waals surface area contributed by atoms with E-state index < -0.39 is 77.6 Å². The number of fused-ring (bicyclic) bond motifs is 1. The second-order valence-electron chi connectivity index (χ2n) is 11.7. The van der Waals surface area contributed by atoms with Gasteiger partial charge in [-0.25, -0.2) is 4.79 Å². The van der Waals surface area contributed by atoms with Crippen LogP contribution in [0.5, 0.6) is 5.75 Å². The highest BCUT2D eigenvalue weighted by Gasteiger charge is 2.43. The molecule has 266 valence electrons. The van der Waals surface area contributed by atoms with E-state index in [0.717, 1.165) is 24.8 Å². The molecule has 0 saturated carbocycles. The number of rotatable bonds is 15. The molecule has 0 fully saturated rings. The van der Waals surface area contributed by atoms with Crippen LogP contribution in [-0.4, -0.2) is 75.2 Å². The summed E-state index contributed by atoms with van der Waals surface area (Å²) in [5.74, 6) is -6.01. The number of hydrogen-bond acceptors (Lipinski definition) is 10. The Hall–Kier alpha value is -3.70. The fourth-order valence-corrected chi connectivity index (χ4v) is 7.86. The molecule has 1 aliphatic rings. The van der Waals surface area contributed by atoms with Crippen LogP contribution < -0.4 is 20.7 Å². The summed E-state index contributed by atoms with van der Waals surface area (Å²) in [4.78, 5) is 47.0. The van der Waals surface area contributed by atoms with Crippen molar-refractivity contribution < 1.29 is 56.0 Å². The molecule has 48 heavy (non-hydrogen) atoms. The summed E-state index contributed by atoms with van der Waals surface area (Å²) in [7, 11) is -1.92. The monoisotopic (exact) mass is 701 g/mol. The number of carbonyl (C=O) groups excluding carboxylic acids is 3. The van der Waals surface area contributed by atoms with Crippen LogP contribution in [-0.2, 0) is 30.5 Å². The standard InChI is InChI=1S/C32H42F3N3O9S/c1-4-6-12-31(5-2)19-48(44,45)25-13-21(24(46-3)16-23(25)29(38-31)20-10-8-7-9-11-20)17-37-26(39)18-36-22(14-27(40)41)15-28(42)47-30(43)32(33,34)35/h7-11,13,16,22,29,36,38,44-45H,4-6,12,14-15,17-19H2,1-3H3,(H,37,39)(H,40,41)/t22?,29-,31-/m1/s1. The molecule has 1 amide bonds. The molecule has 0 radical (unpaired) electrons. The Morgan fingerprint density at radius 1 is 1.10 bits per heavy atom. The van der Waals surface area contributed by atoms with Gasteiger partial charge in [-0.3, -0.25) is 28.8 Å². The van der Waals surface area contributed by atoms with Crippen LogP contribution in [0.2, 0.25) is 0 Å². The lowest BCUT2D eigenvalue weighted by molar-refractivity contribution is -0.202. The van der Waals surface area contributed by atoms with E-state index in [9.17, 15) is 41.5 Å². The van der Waals surface area contributed by atoms with Crippen LogP contribution in [0.4, 0.5) is 13.2 Å². The number of benzene rings is 2. The lowest BCUT2D eigenvalue weighted by Crippen LogP contribution is -2.49. The molecule has 1 aliphatic heterocycles. The maximum atomic E-state index is 12.7. The summed E-state index contributed by atoms with van der Waals surface area (Å²) < 4.78 is 70.0. The number of carboxylic acids is 1. The van der Waals surface area contributed by atoms with Crippen LogP contribution in [0, 0.1) is 0 Å². The first kappa shape index (κ1) is 38.7. The Balaban J connectivity index is 1.83. The first-order valence-corrected chi connectivity index (χ1v) is 17.1. The van der Waals surface area contributed by atoms with Gasteiger partial charge in [0.1, 0.15) is 5.75 Å². The predicted octanol–water partition coefficient (Wildman–Crippen LogP) is 4.91. The molecular weight excluding hydrogens is 659 g/mol. The third-order valence-corrected chi connectivity index (χ3v) is 10.1. The van der Waals surface area contributed by atoms with E-state index in [1.54, 1.807) is 12.1 Å². The van der Waals surface area contributed by atoms with Crippen molar-refractivity contribution in [2.24, 2.45) is 0 Å². The van der Waals surface area contributed by atoms with Gasteiger partial charge in [-0.1, -0.05) is 57.0 Å². The summed E-state index contributed by atoms with van der Waals surface area (Å²) >= 11 is 0. The lowest BCUT2D eigenvalue weighted by atomic mass is 9.88. The molecule has 12 nitrogen and oxygen atoms in total. The van der Waals surface area contributed by atoms with Crippen molar-refractivity contribution in [2.45, 2.75) is 87.6 Å². The van der Waals surface area contributed by atoms with Gasteiger partial charge >= 0.3 is 24.1 Å². The minimum absolute atomic E-state index is 0.0802. The summed E-state index contributed by atoms with van der Waals surface area (Å²) in [5, 5.41) is 18.0. The third-order valence-electron chi connectivity index (χ3n) is 8.12. The lowest BCUT2D eigenvalue weighted by Gasteiger charge is -2.42. The number of methoxy groups -OCH3 is 1. The predicted molar refractivity (Wildman–Crippen MR) is 171 cm³/mol. The Morgan fingerprint density at radius 3 is 2.38 bits per heavy atom. The average Bonchev–Trinajstić information content (AvgIpc) is 3.12. The van der Waals surface area contributed by atoms with Gasteiger partial charge in [0, 0.05) is 29.3 Å². The van der Waals surface area contributed by atoms with Crippen molar-refractivity contribution in [3.05, 3.63) is 59.2 Å². The highest BCUT2D eigenvalue weighted by molar-refractivity contribution is 8.24. The van der Waals surface area contributed by atoms with Crippen molar-refractivity contribution in [3.63, 3.8) is 0 Å². The molecule has 1 heterocycles. The quantitative estimate of drug-likeness (QED) is 0.110. The maximum Gasteiger partial charge on any atom is 0.491 e. The Labute approximate surface area is 278 Å². The highest BCUT2D eigenvalue weighted by Crippen LogP contribution is 2.58. The highest BCUT2D eigenvalue weighted by atomic mass is 32.3. The number of nitrogens with one attached hydrogen (secondary N) is 3. The van der Waals surface area contributed by atoms with Crippen LogP contribution in [0.3, 0.4) is 0 Å². The molecule has 16 heteroatoms. The molecule has 3 atom stereocenters. The molecule has 0 aliphatic carbocycles. The van der Waals surface area contributed by atoms with Crippen LogP contribution in [0.25, 0.3) is 0 Å². The van der Waals surface area contributed by atoms with Gasteiger partial charge in [-0.15, -0.1) is 0 Å². The number of amides is 1. The molecule has 0 spiro atoms. The molecule has 0 saturated heterocycles. The van der Waals surface area contributed by atoms with Gasteiger partial charge in [0.15, 0.2) is 0 Å². The van der Waals surface area contributed by atoms with Crippen molar-refractivity contribution >= 4 is 34.4 Å². The zero-order chi connectivity index (χ0) is 35.7. The van der Waals surface area contributed by atoms with Crippen LogP contribution in [0.15, 0.2) is 47.4 Å². The number of hydrogen-bond donors (Lipinski definition) is 6. The van der Waals surface area contributed by atoms with E-state index in [1.165, 1.54) is 7.11 Å². The largest absolute Gasteiger partial charge is 0.496 e. The Kier molecular flexibility index (Phi) is 13.4. The van der Waals surface area contributed by atoms with Gasteiger partial charge in [0.05, 0.1) is 43.2 Å². The topological polar surface area (TPSA) is 184 Å². The number of esters is 2. The van der Waals surface area contributed by atoms with Gasteiger partial charge in [0.2, 0.25) is 5.91 Å². The molecule has 3 rings (SSSR count). The van der Waals surface area contributed by atoms with Gasteiger partial charge in [0.25, 0.3) is 0 Å². The van der Waals surface area contributed by atoms with Crippen LogP contribution in [0.1, 0.15) is 75.1 Å². The van der Waals surface area contributed by atoms with Gasteiger partial charge in [-0.05, 0) is 30.5 Å². The summed E-state index contributed by atoms with van der Waals surface area (Å²) in [6.45, 7) is 3.40.